The van der Waals surface area contributed by atoms with E-state index in [2.05, 4.69) is 25.9 Å². The highest BCUT2D eigenvalue weighted by atomic mass is 32.2. The molecule has 0 spiro atoms. The van der Waals surface area contributed by atoms with E-state index in [0.717, 1.165) is 10.9 Å². The van der Waals surface area contributed by atoms with Crippen molar-refractivity contribution >= 4 is 58.2 Å². The van der Waals surface area contributed by atoms with Gasteiger partial charge in [-0.1, -0.05) is 18.2 Å². The van der Waals surface area contributed by atoms with Gasteiger partial charge in [0.15, 0.2) is 5.96 Å². The fourth-order valence-corrected chi connectivity index (χ4v) is 4.72. The van der Waals surface area contributed by atoms with Gasteiger partial charge in [0.2, 0.25) is 23.6 Å². The molecule has 2 aromatic rings. The van der Waals surface area contributed by atoms with Crippen LogP contribution >= 0.6 is 11.8 Å². The molecule has 4 atom stereocenters. The molecule has 1 heterocycles. The Hall–Kier alpha value is -4.31. The molecule has 43 heavy (non-hydrogen) atoms. The third-order valence-electron chi connectivity index (χ3n) is 6.57. The number of aliphatic imine (C=N–C) groups is 1. The number of para-hydroxylation sites is 1. The van der Waals surface area contributed by atoms with Crippen molar-refractivity contribution in [1.82, 2.24) is 20.9 Å². The smallest absolute Gasteiger partial charge is 0.326 e. The highest BCUT2D eigenvalue weighted by Crippen LogP contribution is 2.19. The van der Waals surface area contributed by atoms with E-state index in [-0.39, 0.29) is 51.0 Å². The first-order valence-corrected chi connectivity index (χ1v) is 15.1. The van der Waals surface area contributed by atoms with E-state index in [1.807, 2.05) is 30.5 Å². The van der Waals surface area contributed by atoms with Gasteiger partial charge in [-0.3, -0.25) is 24.2 Å². The number of aromatic nitrogens is 1. The maximum absolute atomic E-state index is 13.5. The minimum atomic E-state index is -1.26. The van der Waals surface area contributed by atoms with Gasteiger partial charge in [0.1, 0.15) is 18.1 Å². The van der Waals surface area contributed by atoms with Gasteiger partial charge in [-0.05, 0) is 49.3 Å². The van der Waals surface area contributed by atoms with Gasteiger partial charge in [-0.2, -0.15) is 11.8 Å². The molecule has 2 rings (SSSR count). The van der Waals surface area contributed by atoms with Gasteiger partial charge in [0, 0.05) is 36.5 Å². The van der Waals surface area contributed by atoms with Crippen LogP contribution in [-0.4, -0.2) is 88.4 Å². The summed E-state index contributed by atoms with van der Waals surface area (Å²) < 4.78 is 0. The number of benzene rings is 1. The van der Waals surface area contributed by atoms with Crippen molar-refractivity contribution in [3.63, 3.8) is 0 Å². The Balaban J connectivity index is 2.27. The number of nitrogens with one attached hydrogen (secondary N) is 4. The lowest BCUT2D eigenvalue weighted by Crippen LogP contribution is -2.57. The predicted octanol–water partition coefficient (Wildman–Crippen LogP) is -1.35. The van der Waals surface area contributed by atoms with E-state index in [0.29, 0.717) is 11.3 Å². The SMILES string of the molecule is CSCCC(NC(=O)C(N)CCC(N)=O)C(=O)NC(Cc1c[nH]c2ccccc12)C(=O)NC(CCCN=C(N)N)C(=O)O. The van der Waals surface area contributed by atoms with Crippen LogP contribution in [0.5, 0.6) is 0 Å². The zero-order valence-corrected chi connectivity index (χ0v) is 24.8. The average Bonchev–Trinajstić information content (AvgIpc) is 3.37. The van der Waals surface area contributed by atoms with E-state index in [1.165, 1.54) is 11.8 Å². The minimum absolute atomic E-state index is 0.00336. The zero-order chi connectivity index (χ0) is 31.9. The topological polar surface area (TPSA) is 274 Å². The van der Waals surface area contributed by atoms with Crippen LogP contribution in [0.1, 0.15) is 37.7 Å². The van der Waals surface area contributed by atoms with Gasteiger partial charge in [-0.15, -0.1) is 0 Å². The van der Waals surface area contributed by atoms with Crippen molar-refractivity contribution in [1.29, 1.82) is 0 Å². The Bertz CT molecular complexity index is 1300. The van der Waals surface area contributed by atoms with Gasteiger partial charge in [-0.25, -0.2) is 4.79 Å². The molecule has 4 unspecified atom stereocenters. The number of nitrogens with zero attached hydrogens (tertiary/aromatic N) is 1. The highest BCUT2D eigenvalue weighted by Gasteiger charge is 2.31. The number of hydrogen-bond donors (Lipinski definition) is 9. The Labute approximate surface area is 253 Å². The maximum Gasteiger partial charge on any atom is 0.326 e. The number of rotatable bonds is 19. The monoisotopic (exact) mass is 619 g/mol. The number of carboxylic acid groups (broad SMARTS) is 1. The fourth-order valence-electron chi connectivity index (χ4n) is 4.25. The third kappa shape index (κ3) is 11.8. The average molecular weight is 620 g/mol. The summed E-state index contributed by atoms with van der Waals surface area (Å²) in [6.07, 6.45) is 4.04. The van der Waals surface area contributed by atoms with Crippen molar-refractivity contribution < 1.29 is 29.1 Å². The normalized spacial score (nSPS) is 13.7. The number of aliphatic carboxylic acids is 1. The molecule has 0 fully saturated rings. The number of carbonyl (C=O) groups excluding carboxylic acids is 4. The summed E-state index contributed by atoms with van der Waals surface area (Å²) in [7, 11) is 0. The lowest BCUT2D eigenvalue weighted by atomic mass is 10.0. The third-order valence-corrected chi connectivity index (χ3v) is 7.22. The van der Waals surface area contributed by atoms with Gasteiger partial charge >= 0.3 is 5.97 Å². The zero-order valence-electron chi connectivity index (χ0n) is 24.0. The summed E-state index contributed by atoms with van der Waals surface area (Å²) in [6.45, 7) is 0.176. The molecule has 0 aliphatic rings. The molecule has 0 saturated heterocycles. The molecule has 0 radical (unpaired) electrons. The molecule has 0 aliphatic heterocycles. The summed E-state index contributed by atoms with van der Waals surface area (Å²) in [5, 5.41) is 18.4. The first-order chi connectivity index (χ1) is 20.4. The van der Waals surface area contributed by atoms with E-state index in [4.69, 9.17) is 22.9 Å². The molecule has 15 nitrogen and oxygen atoms in total. The molecule has 16 heteroatoms. The minimum Gasteiger partial charge on any atom is -0.480 e. The van der Waals surface area contributed by atoms with Gasteiger partial charge < -0.3 is 49.0 Å². The van der Waals surface area contributed by atoms with Crippen LogP contribution in [0.2, 0.25) is 0 Å². The molecule has 0 saturated carbocycles. The van der Waals surface area contributed by atoms with Crippen molar-refractivity contribution in [3.05, 3.63) is 36.0 Å². The number of primary amides is 1. The number of fused-ring (bicyclic) bond motifs is 1. The van der Waals surface area contributed by atoms with E-state index in [1.54, 1.807) is 6.20 Å². The first kappa shape index (κ1) is 34.9. The lowest BCUT2D eigenvalue weighted by molar-refractivity contribution is -0.142. The molecular weight excluding hydrogens is 578 g/mol. The van der Waals surface area contributed by atoms with Crippen molar-refractivity contribution in [2.24, 2.45) is 27.9 Å². The summed E-state index contributed by atoms with van der Waals surface area (Å²) in [4.78, 5) is 69.6. The van der Waals surface area contributed by atoms with Crippen molar-refractivity contribution in [2.75, 3.05) is 18.6 Å². The number of hydrogen-bond acceptors (Lipinski definition) is 8. The number of aromatic amines is 1. The Morgan fingerprint density at radius 3 is 2.23 bits per heavy atom. The van der Waals surface area contributed by atoms with Crippen molar-refractivity contribution in [3.8, 4) is 0 Å². The first-order valence-electron chi connectivity index (χ1n) is 13.7. The predicted molar refractivity (Wildman–Crippen MR) is 165 cm³/mol. The summed E-state index contributed by atoms with van der Waals surface area (Å²) in [5.41, 5.74) is 23.2. The van der Waals surface area contributed by atoms with Crippen LogP contribution < -0.4 is 38.9 Å². The van der Waals surface area contributed by atoms with E-state index < -0.39 is 53.8 Å². The number of amides is 4. The van der Waals surface area contributed by atoms with E-state index in [9.17, 15) is 29.1 Å². The number of thioether (sulfide) groups is 1. The second-order valence-corrected chi connectivity index (χ2v) is 10.9. The molecule has 0 bridgehead atoms. The Kier molecular flexibility index (Phi) is 14.3. The molecular formula is C27H41N9O6S. The second-order valence-electron chi connectivity index (χ2n) is 9.93. The number of H-pyrrole nitrogens is 1. The van der Waals surface area contributed by atoms with Crippen LogP contribution in [0.25, 0.3) is 10.9 Å². The van der Waals surface area contributed by atoms with E-state index >= 15 is 0 Å². The standard InChI is InChI=1S/C27H41N9O6S/c1-43-12-10-19(34-23(38)17(28)8-9-22(29)37)24(39)36-21(13-15-14-33-18-6-3-2-5-16(15)18)25(40)35-20(26(41)42)7-4-11-32-27(30)31/h2-3,5-6,14,17,19-21,33H,4,7-13,28H2,1H3,(H2,29,37)(H,34,38)(H,35,40)(H,36,39)(H,41,42)(H4,30,31,32). The lowest BCUT2D eigenvalue weighted by Gasteiger charge is -2.25. The number of nitrogens with two attached hydrogens (primary N) is 4. The summed E-state index contributed by atoms with van der Waals surface area (Å²) in [5.74, 6) is -3.51. The number of carbonyl (C=O) groups is 5. The molecule has 4 amide bonds. The number of guanidine groups is 1. The second kappa shape index (κ2) is 17.6. The molecule has 236 valence electrons. The Morgan fingerprint density at radius 2 is 1.58 bits per heavy atom. The summed E-state index contributed by atoms with van der Waals surface area (Å²) in [6, 6.07) is 2.82. The maximum atomic E-state index is 13.5. The van der Waals surface area contributed by atoms with Crippen LogP contribution in [0.3, 0.4) is 0 Å². The highest BCUT2D eigenvalue weighted by molar-refractivity contribution is 7.98. The van der Waals surface area contributed by atoms with Crippen LogP contribution in [0.4, 0.5) is 0 Å². The van der Waals surface area contributed by atoms with Crippen LogP contribution in [-0.2, 0) is 30.4 Å². The fraction of sp³-hybridized carbons (Fsp3) is 0.481. The van der Waals surface area contributed by atoms with Gasteiger partial charge in [0.05, 0.1) is 6.04 Å². The molecule has 13 N–H and O–H groups in total. The molecule has 0 aliphatic carbocycles. The molecule has 1 aromatic carbocycles. The van der Waals surface area contributed by atoms with Crippen LogP contribution in [0.15, 0.2) is 35.5 Å². The quantitative estimate of drug-likeness (QED) is 0.0506. The summed E-state index contributed by atoms with van der Waals surface area (Å²) >= 11 is 1.45. The molecule has 1 aromatic heterocycles. The van der Waals surface area contributed by atoms with Crippen molar-refractivity contribution in [2.45, 2.75) is 62.7 Å². The largest absolute Gasteiger partial charge is 0.480 e. The Morgan fingerprint density at radius 1 is 0.930 bits per heavy atom. The van der Waals surface area contributed by atoms with Gasteiger partial charge in [0.25, 0.3) is 0 Å². The number of carboxylic acids is 1. The van der Waals surface area contributed by atoms with Crippen LogP contribution in [0, 0.1) is 0 Å².